The Morgan fingerprint density at radius 3 is 2.84 bits per heavy atom. The van der Waals surface area contributed by atoms with Crippen LogP contribution < -0.4 is 5.73 Å². The molecule has 0 spiro atoms. The molecule has 166 valence electrons. The van der Waals surface area contributed by atoms with Gasteiger partial charge in [0.25, 0.3) is 0 Å². The van der Waals surface area contributed by atoms with Crippen molar-refractivity contribution in [2.24, 2.45) is 10.8 Å². The highest BCUT2D eigenvalue weighted by Gasteiger charge is 2.16. The lowest BCUT2D eigenvalue weighted by Gasteiger charge is -2.22. The van der Waals surface area contributed by atoms with Crippen LogP contribution in [-0.4, -0.2) is 54.7 Å². The van der Waals surface area contributed by atoms with E-state index in [1.807, 2.05) is 12.1 Å². The molecule has 2 aromatic heterocycles. The fourth-order valence-corrected chi connectivity index (χ4v) is 3.43. The smallest absolute Gasteiger partial charge is 0.218 e. The van der Waals surface area contributed by atoms with Crippen molar-refractivity contribution in [1.29, 1.82) is 0 Å². The number of pyridine rings is 1. The maximum Gasteiger partial charge on any atom is 0.218 e. The third kappa shape index (κ3) is 6.01. The van der Waals surface area contributed by atoms with Crippen molar-refractivity contribution in [3.8, 4) is 5.82 Å². The van der Waals surface area contributed by atoms with E-state index < -0.39 is 5.60 Å². The third-order valence-electron chi connectivity index (χ3n) is 4.78. The monoisotopic (exact) mass is 469 g/mol. The van der Waals surface area contributed by atoms with Gasteiger partial charge < -0.3 is 15.7 Å². The highest BCUT2D eigenvalue weighted by molar-refractivity contribution is 7.80. The van der Waals surface area contributed by atoms with Crippen molar-refractivity contribution in [3.63, 3.8) is 0 Å². The van der Waals surface area contributed by atoms with Crippen molar-refractivity contribution in [3.05, 3.63) is 64.5 Å². The molecule has 0 aliphatic rings. The summed E-state index contributed by atoms with van der Waals surface area (Å²) in [4.78, 5) is 12.2. The van der Waals surface area contributed by atoms with Gasteiger partial charge in [0.05, 0.1) is 17.3 Å². The lowest BCUT2D eigenvalue weighted by atomic mass is 10.0. The Morgan fingerprint density at radius 2 is 2.22 bits per heavy atom. The lowest BCUT2D eigenvalue weighted by molar-refractivity contribution is 0.0649. The molecule has 32 heavy (non-hydrogen) atoms. The summed E-state index contributed by atoms with van der Waals surface area (Å²) < 4.78 is 1.79. The summed E-state index contributed by atoms with van der Waals surface area (Å²) in [6.45, 7) is 11.2. The molecule has 0 amide bonds. The highest BCUT2D eigenvalue weighted by atomic mass is 35.5. The number of hydrazone groups is 1. The molecule has 0 bridgehead atoms. The fraction of sp³-hybridized carbons (Fsp3) is 0.318. The number of rotatable bonds is 8. The van der Waals surface area contributed by atoms with Gasteiger partial charge in [0.1, 0.15) is 12.1 Å². The number of thiocarbonyl (C=S) groups is 1. The molecule has 0 fully saturated rings. The van der Waals surface area contributed by atoms with Crippen molar-refractivity contribution in [2.75, 3.05) is 13.1 Å². The van der Waals surface area contributed by atoms with Crippen molar-refractivity contribution >= 4 is 46.0 Å². The highest BCUT2D eigenvalue weighted by Crippen LogP contribution is 2.27. The number of aliphatic hydroxyl groups is 1. The summed E-state index contributed by atoms with van der Waals surface area (Å²) in [7, 11) is 0. The molecular weight excluding hydrogens is 446 g/mol. The maximum absolute atomic E-state index is 10.0. The van der Waals surface area contributed by atoms with E-state index in [9.17, 15) is 5.11 Å². The second-order valence-corrected chi connectivity index (χ2v) is 8.73. The number of benzene rings is 1. The molecule has 0 aliphatic carbocycles. The van der Waals surface area contributed by atoms with Crippen LogP contribution in [-0.2, 0) is 6.42 Å². The number of halogens is 1. The van der Waals surface area contributed by atoms with E-state index >= 15 is 0 Å². The largest absolute Gasteiger partial charge is 0.390 e. The number of nitrogens with zero attached hydrogens (tertiary/aromatic N) is 6. The standard InChI is InChI=1S/C22H24ClN7OS/c1-22(2,31)5-8-30(21(24)32)27-13-16-11-20(29-9-7-26-14-29)28-19-12-18(23)15(4-6-25-3)10-17(16)19/h7,9-14,31H,4-6,8H2,1-2H3,(H2,24,32)/b27-13+. The van der Waals surface area contributed by atoms with Gasteiger partial charge in [0.15, 0.2) is 5.11 Å². The summed E-state index contributed by atoms with van der Waals surface area (Å²) in [5.74, 6) is 0.653. The molecule has 2 heterocycles. The topological polar surface area (TPSA) is 96.9 Å². The number of imidazole rings is 1. The predicted molar refractivity (Wildman–Crippen MR) is 131 cm³/mol. The van der Waals surface area contributed by atoms with E-state index in [0.29, 0.717) is 42.3 Å². The van der Waals surface area contributed by atoms with Crippen LogP contribution in [0.15, 0.2) is 42.0 Å². The number of hydrogen-bond donors (Lipinski definition) is 2. The van der Waals surface area contributed by atoms with E-state index in [2.05, 4.69) is 14.9 Å². The SMILES string of the molecule is [C-]#[N+]CCc1cc2c(/C=N/N(CCC(C)(C)O)C(N)=S)cc(-n3ccnc3)nc2cc1Cl. The van der Waals surface area contributed by atoms with Gasteiger partial charge in [-0.25, -0.2) is 21.5 Å². The van der Waals surface area contributed by atoms with Crippen LogP contribution in [0.2, 0.25) is 5.02 Å². The van der Waals surface area contributed by atoms with Gasteiger partial charge >= 0.3 is 0 Å². The number of nitrogens with two attached hydrogens (primary N) is 1. The van der Waals surface area contributed by atoms with Crippen LogP contribution in [0.1, 0.15) is 31.4 Å². The Bertz CT molecular complexity index is 1180. The normalized spacial score (nSPS) is 11.7. The molecule has 10 heteroatoms. The molecule has 1 aromatic carbocycles. The van der Waals surface area contributed by atoms with Crippen molar-refractivity contribution in [1.82, 2.24) is 19.5 Å². The van der Waals surface area contributed by atoms with Crippen LogP contribution in [0.25, 0.3) is 21.6 Å². The number of fused-ring (bicyclic) bond motifs is 1. The Kier molecular flexibility index (Phi) is 7.40. The molecule has 8 nitrogen and oxygen atoms in total. The van der Waals surface area contributed by atoms with Gasteiger partial charge in [0, 0.05) is 41.3 Å². The molecule has 3 aromatic rings. The van der Waals surface area contributed by atoms with E-state index in [4.69, 9.17) is 41.1 Å². The Hall–Kier alpha value is -3.06. The minimum atomic E-state index is -0.870. The van der Waals surface area contributed by atoms with Crippen LogP contribution in [0, 0.1) is 6.57 Å². The molecular formula is C22H24ClN7OS. The van der Waals surface area contributed by atoms with E-state index in [1.54, 1.807) is 49.4 Å². The second kappa shape index (κ2) is 10.0. The lowest BCUT2D eigenvalue weighted by Crippen LogP contribution is -2.35. The van der Waals surface area contributed by atoms with Gasteiger partial charge in [-0.05, 0) is 56.2 Å². The number of hydrogen-bond acceptors (Lipinski definition) is 5. The predicted octanol–water partition coefficient (Wildman–Crippen LogP) is 3.58. The van der Waals surface area contributed by atoms with Gasteiger partial charge in [-0.3, -0.25) is 4.57 Å². The number of aromatic nitrogens is 3. The Labute approximate surface area is 197 Å². The van der Waals surface area contributed by atoms with Crippen molar-refractivity contribution < 1.29 is 5.11 Å². The molecule has 0 atom stereocenters. The van der Waals surface area contributed by atoms with Gasteiger partial charge in [-0.15, -0.1) is 0 Å². The average molecular weight is 470 g/mol. The molecule has 0 radical (unpaired) electrons. The zero-order valence-corrected chi connectivity index (χ0v) is 19.4. The molecule has 0 aliphatic heterocycles. The van der Waals surface area contributed by atoms with Crippen molar-refractivity contribution in [2.45, 2.75) is 32.3 Å². The second-order valence-electron chi connectivity index (χ2n) is 7.90. The van der Waals surface area contributed by atoms with E-state index in [1.165, 1.54) is 5.01 Å². The first-order valence-corrected chi connectivity index (χ1v) is 10.7. The molecule has 0 unspecified atom stereocenters. The zero-order valence-electron chi connectivity index (χ0n) is 17.9. The summed E-state index contributed by atoms with van der Waals surface area (Å²) in [6, 6.07) is 5.62. The van der Waals surface area contributed by atoms with Crippen LogP contribution in [0.3, 0.4) is 0 Å². The first-order chi connectivity index (χ1) is 15.2. The average Bonchev–Trinajstić information content (AvgIpc) is 3.25. The Balaban J connectivity index is 2.08. The first kappa shape index (κ1) is 23.6. The summed E-state index contributed by atoms with van der Waals surface area (Å²) in [5, 5.41) is 17.5. The zero-order chi connectivity index (χ0) is 23.3. The van der Waals surface area contributed by atoms with Crippen LogP contribution in [0.4, 0.5) is 0 Å². The van der Waals surface area contributed by atoms with Crippen LogP contribution in [0.5, 0.6) is 0 Å². The minimum Gasteiger partial charge on any atom is -0.390 e. The maximum atomic E-state index is 10.0. The first-order valence-electron chi connectivity index (χ1n) is 9.96. The fourth-order valence-electron chi connectivity index (χ4n) is 3.04. The van der Waals surface area contributed by atoms with Crippen LogP contribution >= 0.6 is 23.8 Å². The minimum absolute atomic E-state index is 0.111. The summed E-state index contributed by atoms with van der Waals surface area (Å²) in [6.07, 6.45) is 7.78. The molecule has 0 saturated carbocycles. The Morgan fingerprint density at radius 1 is 1.44 bits per heavy atom. The van der Waals surface area contributed by atoms with Gasteiger partial charge in [-0.2, -0.15) is 5.10 Å². The molecule has 3 N–H and O–H groups in total. The third-order valence-corrected chi connectivity index (χ3v) is 5.35. The summed E-state index contributed by atoms with van der Waals surface area (Å²) >= 11 is 11.6. The summed E-state index contributed by atoms with van der Waals surface area (Å²) in [5.41, 5.74) is 7.31. The quantitative estimate of drug-likeness (QED) is 0.226. The van der Waals surface area contributed by atoms with E-state index in [0.717, 1.165) is 16.5 Å². The molecule has 3 rings (SSSR count). The van der Waals surface area contributed by atoms with Gasteiger partial charge in [-0.1, -0.05) is 11.6 Å². The van der Waals surface area contributed by atoms with E-state index in [-0.39, 0.29) is 5.11 Å². The molecule has 0 saturated heterocycles. The van der Waals surface area contributed by atoms with Gasteiger partial charge in [0.2, 0.25) is 6.54 Å².